The Morgan fingerprint density at radius 3 is 2.65 bits per heavy atom. The number of benzene rings is 1. The molecule has 3 amide bonds. The Morgan fingerprint density at radius 1 is 1.23 bits per heavy atom. The Bertz CT molecular complexity index is 761. The van der Waals surface area contributed by atoms with Gasteiger partial charge in [-0.25, -0.2) is 4.79 Å². The van der Waals surface area contributed by atoms with E-state index in [0.29, 0.717) is 24.5 Å². The van der Waals surface area contributed by atoms with Crippen LogP contribution in [0.1, 0.15) is 58.4 Å². The normalized spacial score (nSPS) is 22.7. The van der Waals surface area contributed by atoms with Crippen LogP contribution in [0.3, 0.4) is 0 Å². The quantitative estimate of drug-likeness (QED) is 0.667. The zero-order chi connectivity index (χ0) is 22.4. The van der Waals surface area contributed by atoms with Crippen LogP contribution in [0.5, 0.6) is 5.75 Å². The van der Waals surface area contributed by atoms with Gasteiger partial charge in [0.25, 0.3) is 0 Å². The van der Waals surface area contributed by atoms with Gasteiger partial charge in [0.05, 0.1) is 6.42 Å². The number of fused-ring (bicyclic) bond motifs is 1. The van der Waals surface area contributed by atoms with Crippen molar-refractivity contribution in [2.24, 2.45) is 5.92 Å². The van der Waals surface area contributed by atoms with Crippen LogP contribution in [-0.2, 0) is 11.2 Å². The maximum Gasteiger partial charge on any atom is 0.319 e. The van der Waals surface area contributed by atoms with Crippen LogP contribution < -0.4 is 20.7 Å². The summed E-state index contributed by atoms with van der Waals surface area (Å²) < 4.78 is 6.36. The van der Waals surface area contributed by atoms with Crippen molar-refractivity contribution in [2.45, 2.75) is 77.5 Å². The lowest BCUT2D eigenvalue weighted by atomic mass is 9.96. The van der Waals surface area contributed by atoms with Crippen molar-refractivity contribution in [3.8, 4) is 5.75 Å². The third-order valence-electron chi connectivity index (χ3n) is 6.35. The molecule has 1 aliphatic carbocycles. The van der Waals surface area contributed by atoms with Gasteiger partial charge >= 0.3 is 6.03 Å². The van der Waals surface area contributed by atoms with Crippen molar-refractivity contribution in [3.05, 3.63) is 23.8 Å². The van der Waals surface area contributed by atoms with Crippen molar-refractivity contribution in [1.29, 1.82) is 0 Å². The van der Waals surface area contributed by atoms with Crippen molar-refractivity contribution in [1.82, 2.24) is 15.5 Å². The Balaban J connectivity index is 1.79. The Labute approximate surface area is 186 Å². The largest absolute Gasteiger partial charge is 0.488 e. The number of amides is 3. The molecule has 1 fully saturated rings. The number of hydrogen-bond donors (Lipinski definition) is 3. The van der Waals surface area contributed by atoms with Crippen LogP contribution >= 0.6 is 0 Å². The first kappa shape index (κ1) is 23.4. The summed E-state index contributed by atoms with van der Waals surface area (Å²) in [5, 5.41) is 9.22. The Morgan fingerprint density at radius 2 is 1.97 bits per heavy atom. The molecule has 0 saturated heterocycles. The molecule has 3 N–H and O–H groups in total. The fourth-order valence-electron chi connectivity index (χ4n) is 4.53. The summed E-state index contributed by atoms with van der Waals surface area (Å²) in [6.07, 6.45) is 5.87. The summed E-state index contributed by atoms with van der Waals surface area (Å²) in [5.41, 5.74) is 1.48. The number of carbonyl (C=O) groups excluding carboxylic acids is 2. The molecule has 2 aliphatic rings. The molecule has 2 unspecified atom stereocenters. The molecule has 1 saturated carbocycles. The number of anilines is 1. The van der Waals surface area contributed by atoms with E-state index in [-0.39, 0.29) is 42.5 Å². The van der Waals surface area contributed by atoms with Crippen LogP contribution in [0.2, 0.25) is 0 Å². The number of hydrogen-bond acceptors (Lipinski definition) is 4. The molecule has 0 spiro atoms. The van der Waals surface area contributed by atoms with Gasteiger partial charge in [0, 0.05) is 42.3 Å². The maximum atomic E-state index is 13.1. The minimum Gasteiger partial charge on any atom is -0.488 e. The molecule has 3 rings (SSSR count). The van der Waals surface area contributed by atoms with E-state index in [4.69, 9.17) is 4.74 Å². The monoisotopic (exact) mass is 430 g/mol. The summed E-state index contributed by atoms with van der Waals surface area (Å²) >= 11 is 0. The number of likely N-dealkylation sites (N-methyl/N-ethyl adjacent to an activating group) is 1. The average molecular weight is 431 g/mol. The van der Waals surface area contributed by atoms with Crippen LogP contribution in [0, 0.1) is 5.92 Å². The van der Waals surface area contributed by atoms with Crippen molar-refractivity contribution in [3.63, 3.8) is 0 Å². The van der Waals surface area contributed by atoms with Crippen molar-refractivity contribution < 1.29 is 14.3 Å². The van der Waals surface area contributed by atoms with Gasteiger partial charge in [0.2, 0.25) is 5.91 Å². The lowest BCUT2D eigenvalue weighted by molar-refractivity contribution is -0.133. The molecule has 1 heterocycles. The van der Waals surface area contributed by atoms with Gasteiger partial charge in [-0.3, -0.25) is 4.79 Å². The van der Waals surface area contributed by atoms with E-state index in [1.54, 1.807) is 0 Å². The molecule has 1 aromatic carbocycles. The zero-order valence-corrected chi connectivity index (χ0v) is 19.4. The summed E-state index contributed by atoms with van der Waals surface area (Å²) in [5.74, 6) is 0.980. The minimum absolute atomic E-state index is 0.0516. The van der Waals surface area contributed by atoms with E-state index >= 15 is 0 Å². The Kier molecular flexibility index (Phi) is 8.18. The van der Waals surface area contributed by atoms with Gasteiger partial charge in [-0.2, -0.15) is 0 Å². The molecule has 0 aromatic heterocycles. The third kappa shape index (κ3) is 6.35. The molecule has 172 valence electrons. The lowest BCUT2D eigenvalue weighted by Crippen LogP contribution is -2.45. The van der Waals surface area contributed by atoms with Gasteiger partial charge in [-0.05, 0) is 51.9 Å². The SMILES string of the molecule is CNCC1Oc2ccc(NC(=O)NC3CCCCC3)cc2CC(=O)N(C(C)C)CC1C. The Hall–Kier alpha value is -2.28. The molecule has 2 atom stereocenters. The number of ether oxygens (including phenoxy) is 1. The van der Waals surface area contributed by atoms with Gasteiger partial charge in [0.1, 0.15) is 11.9 Å². The maximum absolute atomic E-state index is 13.1. The van der Waals surface area contributed by atoms with Crippen LogP contribution in [-0.4, -0.2) is 55.2 Å². The summed E-state index contributed by atoms with van der Waals surface area (Å²) in [6.45, 7) is 7.58. The highest BCUT2D eigenvalue weighted by atomic mass is 16.5. The first-order valence-electron chi connectivity index (χ1n) is 11.7. The van der Waals surface area contributed by atoms with Gasteiger partial charge in [0.15, 0.2) is 0 Å². The second-order valence-corrected chi connectivity index (χ2v) is 9.26. The van der Waals surface area contributed by atoms with E-state index in [9.17, 15) is 9.59 Å². The first-order valence-corrected chi connectivity index (χ1v) is 11.7. The third-order valence-corrected chi connectivity index (χ3v) is 6.35. The molecular formula is C24H38N4O3. The van der Waals surface area contributed by atoms with Gasteiger partial charge in [-0.15, -0.1) is 0 Å². The molecule has 0 bridgehead atoms. The van der Waals surface area contributed by atoms with Gasteiger partial charge < -0.3 is 25.6 Å². The number of nitrogens with one attached hydrogen (secondary N) is 3. The number of nitrogens with zero attached hydrogens (tertiary/aromatic N) is 1. The second kappa shape index (κ2) is 10.8. The van der Waals surface area contributed by atoms with Crippen molar-refractivity contribution in [2.75, 3.05) is 25.5 Å². The van der Waals surface area contributed by atoms with Crippen LogP contribution in [0.25, 0.3) is 0 Å². The van der Waals surface area contributed by atoms with E-state index < -0.39 is 0 Å². The molecule has 1 aromatic rings. The molecule has 1 aliphatic heterocycles. The molecule has 31 heavy (non-hydrogen) atoms. The predicted molar refractivity (Wildman–Crippen MR) is 124 cm³/mol. The minimum atomic E-state index is -0.187. The smallest absolute Gasteiger partial charge is 0.319 e. The second-order valence-electron chi connectivity index (χ2n) is 9.26. The zero-order valence-electron chi connectivity index (χ0n) is 19.4. The van der Waals surface area contributed by atoms with E-state index in [1.165, 1.54) is 19.3 Å². The highest BCUT2D eigenvalue weighted by molar-refractivity contribution is 5.90. The molecular weight excluding hydrogens is 392 g/mol. The molecule has 0 radical (unpaired) electrons. The highest BCUT2D eigenvalue weighted by Crippen LogP contribution is 2.29. The number of rotatable bonds is 5. The fourth-order valence-corrected chi connectivity index (χ4v) is 4.53. The first-order chi connectivity index (χ1) is 14.9. The summed E-state index contributed by atoms with van der Waals surface area (Å²) in [4.78, 5) is 27.5. The number of carbonyl (C=O) groups is 2. The van der Waals surface area contributed by atoms with Gasteiger partial charge in [-0.1, -0.05) is 26.2 Å². The van der Waals surface area contributed by atoms with E-state index in [1.807, 2.05) is 44.0 Å². The molecule has 7 nitrogen and oxygen atoms in total. The van der Waals surface area contributed by atoms with E-state index in [0.717, 1.165) is 18.4 Å². The summed E-state index contributed by atoms with van der Waals surface area (Å²) in [6, 6.07) is 5.78. The number of urea groups is 1. The molecule has 7 heteroatoms. The van der Waals surface area contributed by atoms with E-state index in [2.05, 4.69) is 22.9 Å². The topological polar surface area (TPSA) is 82.7 Å². The van der Waals surface area contributed by atoms with Crippen LogP contribution in [0.4, 0.5) is 10.5 Å². The highest BCUT2D eigenvalue weighted by Gasteiger charge is 2.29. The van der Waals surface area contributed by atoms with Crippen LogP contribution in [0.15, 0.2) is 18.2 Å². The predicted octanol–water partition coefficient (Wildman–Crippen LogP) is 3.54. The average Bonchev–Trinajstić information content (AvgIpc) is 2.77. The summed E-state index contributed by atoms with van der Waals surface area (Å²) in [7, 11) is 1.91. The lowest BCUT2D eigenvalue weighted by Gasteiger charge is -2.31. The van der Waals surface area contributed by atoms with Crippen molar-refractivity contribution >= 4 is 17.6 Å². The standard InChI is InChI=1S/C24H38N4O3/c1-16(2)28-15-17(3)22(14-25-4)31-21-11-10-20(12-18(21)13-23(28)29)27-24(30)26-19-8-6-5-7-9-19/h10-12,16-17,19,22,25H,5-9,13-15H2,1-4H3,(H2,26,27,30). The fraction of sp³-hybridized carbons (Fsp3) is 0.667.